The van der Waals surface area contributed by atoms with E-state index >= 15 is 0 Å². The van der Waals surface area contributed by atoms with E-state index in [1.165, 1.54) is 6.07 Å². The largest absolute Gasteiger partial charge is 0.323 e. The molecule has 1 heterocycles. The van der Waals surface area contributed by atoms with Gasteiger partial charge in [0.05, 0.1) is 16.1 Å². The lowest BCUT2D eigenvalue weighted by atomic mass is 9.93. The lowest BCUT2D eigenvalue weighted by Gasteiger charge is -2.27. The fourth-order valence-electron chi connectivity index (χ4n) is 2.60. The number of amides is 1. The van der Waals surface area contributed by atoms with Crippen molar-refractivity contribution in [3.63, 3.8) is 0 Å². The first kappa shape index (κ1) is 15.0. The van der Waals surface area contributed by atoms with Gasteiger partial charge >= 0.3 is 0 Å². The molecule has 5 nitrogen and oxygen atoms in total. The lowest BCUT2D eigenvalue weighted by Crippen LogP contribution is -2.50. The molecule has 110 valence electrons. The minimum absolute atomic E-state index is 0.151. The summed E-state index contributed by atoms with van der Waals surface area (Å²) in [6, 6.07) is 6.48. The van der Waals surface area contributed by atoms with Gasteiger partial charge in [-0.15, -0.1) is 0 Å². The second kappa shape index (κ2) is 5.54. The van der Waals surface area contributed by atoms with Crippen LogP contribution in [0.4, 0.5) is 5.69 Å². The third-order valence-corrected chi connectivity index (χ3v) is 4.97. The molecule has 6 heteroatoms. The molecular weight excluding hydrogens is 276 g/mol. The molecule has 1 amide bonds. The highest BCUT2D eigenvalue weighted by atomic mass is 32.2. The molecule has 0 bridgehead atoms. The summed E-state index contributed by atoms with van der Waals surface area (Å²) < 4.78 is 23.5. The average molecular weight is 296 g/mol. The SMILES string of the molecule is CCC1(C(=O)Nc2ccccc2S(C)(=O)=O)CCCN1. The number of hydrogen-bond acceptors (Lipinski definition) is 4. The Hall–Kier alpha value is -1.40. The molecule has 2 rings (SSSR count). The smallest absolute Gasteiger partial charge is 0.244 e. The maximum Gasteiger partial charge on any atom is 0.244 e. The topological polar surface area (TPSA) is 75.3 Å². The van der Waals surface area contributed by atoms with Crippen molar-refractivity contribution in [2.75, 3.05) is 18.1 Å². The summed E-state index contributed by atoms with van der Waals surface area (Å²) in [6.45, 7) is 2.77. The minimum atomic E-state index is -3.36. The van der Waals surface area contributed by atoms with Gasteiger partial charge in [0.1, 0.15) is 0 Å². The van der Waals surface area contributed by atoms with Crippen LogP contribution in [-0.4, -0.2) is 32.7 Å². The summed E-state index contributed by atoms with van der Waals surface area (Å²) in [5, 5.41) is 6.01. The Morgan fingerprint density at radius 2 is 2.10 bits per heavy atom. The Balaban J connectivity index is 2.29. The van der Waals surface area contributed by atoms with Crippen molar-refractivity contribution in [3.8, 4) is 0 Å². The van der Waals surface area contributed by atoms with Crippen LogP contribution < -0.4 is 10.6 Å². The monoisotopic (exact) mass is 296 g/mol. The molecule has 1 aliphatic heterocycles. The number of sulfone groups is 1. The first-order chi connectivity index (χ1) is 9.39. The van der Waals surface area contributed by atoms with E-state index in [1.54, 1.807) is 18.2 Å². The number of carbonyl (C=O) groups is 1. The van der Waals surface area contributed by atoms with Gasteiger partial charge in [0.15, 0.2) is 9.84 Å². The Morgan fingerprint density at radius 1 is 1.40 bits per heavy atom. The molecule has 1 aromatic rings. The lowest BCUT2D eigenvalue weighted by molar-refractivity contribution is -0.122. The van der Waals surface area contributed by atoms with Gasteiger partial charge in [-0.1, -0.05) is 19.1 Å². The standard InChI is InChI=1S/C14H20N2O3S/c1-3-14(9-6-10-15-14)13(17)16-11-7-4-5-8-12(11)20(2,18)19/h4-5,7-8,15H,3,6,9-10H2,1-2H3,(H,16,17). The third-order valence-electron chi connectivity index (χ3n) is 3.82. The molecule has 1 unspecified atom stereocenters. The normalized spacial score (nSPS) is 22.7. The Labute approximate surface area is 119 Å². The average Bonchev–Trinajstić information content (AvgIpc) is 2.88. The number of benzene rings is 1. The van der Waals surface area contributed by atoms with Gasteiger partial charge < -0.3 is 10.6 Å². The number of anilines is 1. The van der Waals surface area contributed by atoms with Crippen molar-refractivity contribution in [2.24, 2.45) is 0 Å². The second-order valence-corrected chi connectivity index (χ2v) is 7.17. The van der Waals surface area contributed by atoms with Crippen LogP contribution in [0.5, 0.6) is 0 Å². The highest BCUT2D eigenvalue weighted by molar-refractivity contribution is 7.90. The quantitative estimate of drug-likeness (QED) is 0.884. The van der Waals surface area contributed by atoms with Gasteiger partial charge in [-0.05, 0) is 37.9 Å². The molecule has 1 aromatic carbocycles. The molecule has 1 fully saturated rings. The number of nitrogens with one attached hydrogen (secondary N) is 2. The predicted octanol–water partition coefficient (Wildman–Crippen LogP) is 1.56. The molecule has 2 N–H and O–H groups in total. The molecule has 1 atom stereocenters. The van der Waals surface area contributed by atoms with E-state index in [9.17, 15) is 13.2 Å². The molecule has 0 aliphatic carbocycles. The summed E-state index contributed by atoms with van der Waals surface area (Å²) >= 11 is 0. The minimum Gasteiger partial charge on any atom is -0.323 e. The van der Waals surface area contributed by atoms with Gasteiger partial charge in [-0.2, -0.15) is 0 Å². The number of rotatable bonds is 4. The van der Waals surface area contributed by atoms with Crippen LogP contribution in [0.2, 0.25) is 0 Å². The summed E-state index contributed by atoms with van der Waals surface area (Å²) in [6.07, 6.45) is 3.55. The molecule has 0 spiro atoms. The van der Waals surface area contributed by atoms with Gasteiger partial charge in [0.2, 0.25) is 5.91 Å². The molecule has 0 radical (unpaired) electrons. The van der Waals surface area contributed by atoms with Crippen LogP contribution in [0.15, 0.2) is 29.2 Å². The molecule has 1 saturated heterocycles. The number of para-hydroxylation sites is 1. The van der Waals surface area contributed by atoms with Crippen LogP contribution in [0.3, 0.4) is 0 Å². The molecular formula is C14H20N2O3S. The van der Waals surface area contributed by atoms with E-state index in [2.05, 4.69) is 10.6 Å². The molecule has 1 aliphatic rings. The van der Waals surface area contributed by atoms with E-state index in [4.69, 9.17) is 0 Å². The first-order valence-corrected chi connectivity index (χ1v) is 8.64. The summed E-state index contributed by atoms with van der Waals surface area (Å²) in [5.74, 6) is -0.159. The van der Waals surface area contributed by atoms with Crippen LogP contribution in [0.25, 0.3) is 0 Å². The zero-order valence-electron chi connectivity index (χ0n) is 11.8. The third kappa shape index (κ3) is 2.86. The van der Waals surface area contributed by atoms with Crippen LogP contribution in [-0.2, 0) is 14.6 Å². The molecule has 20 heavy (non-hydrogen) atoms. The van der Waals surface area contributed by atoms with Crippen molar-refractivity contribution in [1.29, 1.82) is 0 Å². The Morgan fingerprint density at radius 3 is 2.65 bits per heavy atom. The summed E-state index contributed by atoms with van der Waals surface area (Å²) in [4.78, 5) is 12.6. The van der Waals surface area contributed by atoms with E-state index in [-0.39, 0.29) is 10.8 Å². The highest BCUT2D eigenvalue weighted by Gasteiger charge is 2.39. The molecule has 0 saturated carbocycles. The van der Waals surface area contributed by atoms with Crippen LogP contribution in [0, 0.1) is 0 Å². The summed E-state index contributed by atoms with van der Waals surface area (Å²) in [7, 11) is -3.36. The maximum absolute atomic E-state index is 12.5. The van der Waals surface area contributed by atoms with Gasteiger partial charge in [-0.25, -0.2) is 8.42 Å². The van der Waals surface area contributed by atoms with Crippen molar-refractivity contribution in [3.05, 3.63) is 24.3 Å². The number of carbonyl (C=O) groups excluding carboxylic acids is 1. The zero-order chi connectivity index (χ0) is 14.8. The van der Waals surface area contributed by atoms with Gasteiger partial charge in [0.25, 0.3) is 0 Å². The van der Waals surface area contributed by atoms with E-state index < -0.39 is 15.4 Å². The van der Waals surface area contributed by atoms with Gasteiger partial charge in [0, 0.05) is 6.26 Å². The van der Waals surface area contributed by atoms with E-state index in [1.807, 2.05) is 6.92 Å². The number of hydrogen-bond donors (Lipinski definition) is 2. The Kier molecular flexibility index (Phi) is 4.15. The predicted molar refractivity (Wildman–Crippen MR) is 78.4 cm³/mol. The van der Waals surface area contributed by atoms with Crippen molar-refractivity contribution in [1.82, 2.24) is 5.32 Å². The van der Waals surface area contributed by atoms with Crippen molar-refractivity contribution < 1.29 is 13.2 Å². The first-order valence-electron chi connectivity index (χ1n) is 6.74. The Bertz CT molecular complexity index is 605. The van der Waals surface area contributed by atoms with E-state index in [0.717, 1.165) is 25.6 Å². The fourth-order valence-corrected chi connectivity index (χ4v) is 3.44. The zero-order valence-corrected chi connectivity index (χ0v) is 12.6. The summed E-state index contributed by atoms with van der Waals surface area (Å²) in [5.41, 5.74) is -0.230. The van der Waals surface area contributed by atoms with Crippen LogP contribution in [0.1, 0.15) is 26.2 Å². The van der Waals surface area contributed by atoms with Crippen molar-refractivity contribution in [2.45, 2.75) is 36.6 Å². The maximum atomic E-state index is 12.5. The second-order valence-electron chi connectivity index (χ2n) is 5.19. The van der Waals surface area contributed by atoms with Crippen LogP contribution >= 0.6 is 0 Å². The van der Waals surface area contributed by atoms with Crippen molar-refractivity contribution >= 4 is 21.4 Å². The van der Waals surface area contributed by atoms with Gasteiger partial charge in [-0.3, -0.25) is 4.79 Å². The van der Waals surface area contributed by atoms with E-state index in [0.29, 0.717) is 12.1 Å². The highest BCUT2D eigenvalue weighted by Crippen LogP contribution is 2.27. The fraction of sp³-hybridized carbons (Fsp3) is 0.500. The molecule has 0 aromatic heterocycles.